The van der Waals surface area contributed by atoms with E-state index in [2.05, 4.69) is 37.9 Å². The van der Waals surface area contributed by atoms with Crippen LogP contribution in [0.25, 0.3) is 0 Å². The highest BCUT2D eigenvalue weighted by Gasteiger charge is 2.26. The molecule has 2 saturated heterocycles. The van der Waals surface area contributed by atoms with Gasteiger partial charge < -0.3 is 19.9 Å². The van der Waals surface area contributed by atoms with Crippen LogP contribution in [0.5, 0.6) is 0 Å². The van der Waals surface area contributed by atoms with E-state index in [1.54, 1.807) is 0 Å². The minimum atomic E-state index is 0. The van der Waals surface area contributed by atoms with E-state index in [9.17, 15) is 9.59 Å². The zero-order chi connectivity index (χ0) is 20.5. The van der Waals surface area contributed by atoms with Crippen LogP contribution in [0.1, 0.15) is 61.2 Å². The van der Waals surface area contributed by atoms with Crippen LogP contribution in [0.2, 0.25) is 0 Å². The highest BCUT2D eigenvalue weighted by molar-refractivity contribution is 5.78. The first-order valence-corrected chi connectivity index (χ1v) is 11.3. The first-order chi connectivity index (χ1) is 13.4. The van der Waals surface area contributed by atoms with E-state index in [4.69, 9.17) is 4.74 Å². The Hall–Kier alpha value is -1.14. The van der Waals surface area contributed by atoms with Crippen LogP contribution in [-0.4, -0.2) is 73.6 Å². The molecule has 0 aromatic carbocycles. The first-order valence-electron chi connectivity index (χ1n) is 11.3. The van der Waals surface area contributed by atoms with Gasteiger partial charge >= 0.3 is 0 Å². The molecule has 2 amide bonds. The van der Waals surface area contributed by atoms with Gasteiger partial charge in [0, 0.05) is 33.0 Å². The van der Waals surface area contributed by atoms with Gasteiger partial charge in [-0.1, -0.05) is 13.8 Å². The Morgan fingerprint density at radius 3 is 2.21 bits per heavy atom. The minimum absolute atomic E-state index is 0. The molecule has 2 aliphatic heterocycles. The van der Waals surface area contributed by atoms with Crippen LogP contribution in [0.3, 0.4) is 0 Å². The molecule has 0 saturated carbocycles. The van der Waals surface area contributed by atoms with E-state index in [0.29, 0.717) is 38.1 Å². The van der Waals surface area contributed by atoms with Gasteiger partial charge in [0.15, 0.2) is 0 Å². The van der Waals surface area contributed by atoms with E-state index in [-0.39, 0.29) is 19.2 Å². The Balaban J connectivity index is 0.00000420. The molecule has 0 spiro atoms. The van der Waals surface area contributed by atoms with Gasteiger partial charge in [-0.05, 0) is 64.5 Å². The quantitative estimate of drug-likeness (QED) is 0.608. The number of hydrogen-bond donors (Lipinski definition) is 1. The smallest absolute Gasteiger partial charge is 0.224 e. The van der Waals surface area contributed by atoms with Crippen LogP contribution in [-0.2, 0) is 14.3 Å². The number of amides is 2. The predicted octanol–water partition coefficient (Wildman–Crippen LogP) is 2.77. The lowest BCUT2D eigenvalue weighted by atomic mass is 9.86. The molecular formula is C22H43N3O3. The van der Waals surface area contributed by atoms with Crippen molar-refractivity contribution in [3.63, 3.8) is 0 Å². The SMILES string of the molecule is CC(C)C1CCN(C(=O)CCOCCNC(=O)C2CCN(C(C)C)CC2)CC1.[HH]. The number of ether oxygens (including phenoxy) is 1. The van der Waals surface area contributed by atoms with Crippen molar-refractivity contribution in [1.82, 2.24) is 15.1 Å². The van der Waals surface area contributed by atoms with Crippen LogP contribution in [0.15, 0.2) is 0 Å². The molecule has 2 heterocycles. The molecule has 6 nitrogen and oxygen atoms in total. The van der Waals surface area contributed by atoms with Crippen LogP contribution in [0, 0.1) is 17.8 Å². The number of carbonyl (C=O) groups excluding carboxylic acids is 2. The summed E-state index contributed by atoms with van der Waals surface area (Å²) in [6.45, 7) is 14.1. The summed E-state index contributed by atoms with van der Waals surface area (Å²) in [5, 5.41) is 2.99. The van der Waals surface area contributed by atoms with E-state index < -0.39 is 0 Å². The summed E-state index contributed by atoms with van der Waals surface area (Å²) in [6.07, 6.45) is 4.55. The molecule has 0 unspecified atom stereocenters. The van der Waals surface area contributed by atoms with Gasteiger partial charge in [-0.15, -0.1) is 0 Å². The topological polar surface area (TPSA) is 61.9 Å². The maximum atomic E-state index is 12.3. The van der Waals surface area contributed by atoms with Crippen LogP contribution in [0.4, 0.5) is 0 Å². The second kappa shape index (κ2) is 11.8. The van der Waals surface area contributed by atoms with Gasteiger partial charge in [0.2, 0.25) is 11.8 Å². The summed E-state index contributed by atoms with van der Waals surface area (Å²) in [5.74, 6) is 1.93. The van der Waals surface area contributed by atoms with Gasteiger partial charge in [-0.25, -0.2) is 0 Å². The first kappa shape index (κ1) is 23.1. The monoisotopic (exact) mass is 397 g/mol. The summed E-state index contributed by atoms with van der Waals surface area (Å²) in [4.78, 5) is 28.9. The minimum Gasteiger partial charge on any atom is -0.379 e. The zero-order valence-corrected chi connectivity index (χ0v) is 18.4. The summed E-state index contributed by atoms with van der Waals surface area (Å²) >= 11 is 0. The van der Waals surface area contributed by atoms with E-state index >= 15 is 0 Å². The fourth-order valence-electron chi connectivity index (χ4n) is 4.30. The number of hydrogen-bond acceptors (Lipinski definition) is 4. The fraction of sp³-hybridized carbons (Fsp3) is 0.909. The van der Waals surface area contributed by atoms with Crippen LogP contribution < -0.4 is 5.32 Å². The van der Waals surface area contributed by atoms with Crippen molar-refractivity contribution in [2.24, 2.45) is 17.8 Å². The molecular weight excluding hydrogens is 354 g/mol. The van der Waals surface area contributed by atoms with Crippen molar-refractivity contribution in [1.29, 1.82) is 0 Å². The molecule has 2 aliphatic rings. The average Bonchev–Trinajstić information content (AvgIpc) is 2.70. The molecule has 0 aromatic heterocycles. The summed E-state index contributed by atoms with van der Waals surface area (Å²) < 4.78 is 5.57. The lowest BCUT2D eigenvalue weighted by Gasteiger charge is -2.34. The Bertz CT molecular complexity index is 442. The molecule has 0 radical (unpaired) electrons. The number of likely N-dealkylation sites (tertiary alicyclic amines) is 2. The number of carbonyl (C=O) groups is 2. The molecule has 1 N–H and O–H groups in total. The van der Waals surface area contributed by atoms with Crippen molar-refractivity contribution in [2.75, 3.05) is 45.9 Å². The number of rotatable bonds is 9. The van der Waals surface area contributed by atoms with Crippen molar-refractivity contribution >= 4 is 11.8 Å². The van der Waals surface area contributed by atoms with Gasteiger partial charge in [-0.3, -0.25) is 9.59 Å². The van der Waals surface area contributed by atoms with Crippen LogP contribution >= 0.6 is 0 Å². The molecule has 0 bridgehead atoms. The van der Waals surface area contributed by atoms with Crippen molar-refractivity contribution in [3.05, 3.63) is 0 Å². The molecule has 2 rings (SSSR count). The molecule has 6 heteroatoms. The fourth-order valence-corrected chi connectivity index (χ4v) is 4.30. The molecule has 0 aromatic rings. The summed E-state index contributed by atoms with van der Waals surface area (Å²) in [6, 6.07) is 0.557. The normalized spacial score (nSPS) is 20.1. The number of nitrogens with one attached hydrogen (secondary N) is 1. The van der Waals surface area contributed by atoms with E-state index in [0.717, 1.165) is 57.8 Å². The van der Waals surface area contributed by atoms with Gasteiger partial charge in [0.1, 0.15) is 0 Å². The Kier molecular flexibility index (Phi) is 9.72. The zero-order valence-electron chi connectivity index (χ0n) is 18.4. The van der Waals surface area contributed by atoms with Crippen molar-refractivity contribution in [2.45, 2.75) is 65.8 Å². The molecule has 0 atom stereocenters. The second-order valence-corrected chi connectivity index (χ2v) is 9.02. The molecule has 164 valence electrons. The third-order valence-electron chi connectivity index (χ3n) is 6.47. The summed E-state index contributed by atoms with van der Waals surface area (Å²) in [7, 11) is 0. The number of nitrogens with zero attached hydrogens (tertiary/aromatic N) is 2. The standard InChI is InChI=1S/C22H41N3O3.H2/c1-17(2)19-5-13-25(14-6-19)21(26)9-15-28-16-10-23-22(27)20-7-11-24(12-8-20)18(3)4;/h17-20H,5-16H2,1-4H3,(H,23,27);1H. The Labute approximate surface area is 172 Å². The van der Waals surface area contributed by atoms with E-state index in [1.165, 1.54) is 0 Å². The maximum absolute atomic E-state index is 12.3. The predicted molar refractivity (Wildman–Crippen MR) is 114 cm³/mol. The average molecular weight is 398 g/mol. The maximum Gasteiger partial charge on any atom is 0.224 e. The van der Waals surface area contributed by atoms with Gasteiger partial charge in [0.05, 0.1) is 19.6 Å². The second-order valence-electron chi connectivity index (χ2n) is 9.02. The van der Waals surface area contributed by atoms with Crippen molar-refractivity contribution in [3.8, 4) is 0 Å². The highest BCUT2D eigenvalue weighted by Crippen LogP contribution is 2.24. The Morgan fingerprint density at radius 2 is 1.64 bits per heavy atom. The lowest BCUT2D eigenvalue weighted by molar-refractivity contribution is -0.134. The van der Waals surface area contributed by atoms with Gasteiger partial charge in [-0.2, -0.15) is 0 Å². The summed E-state index contributed by atoms with van der Waals surface area (Å²) in [5.41, 5.74) is 0. The third-order valence-corrected chi connectivity index (χ3v) is 6.47. The molecule has 0 aliphatic carbocycles. The third kappa shape index (κ3) is 7.36. The largest absolute Gasteiger partial charge is 0.379 e. The highest BCUT2D eigenvalue weighted by atomic mass is 16.5. The van der Waals surface area contributed by atoms with Crippen molar-refractivity contribution < 1.29 is 15.8 Å². The van der Waals surface area contributed by atoms with E-state index in [1.807, 2.05) is 4.90 Å². The van der Waals surface area contributed by atoms with Gasteiger partial charge in [0.25, 0.3) is 0 Å². The molecule has 2 fully saturated rings. The lowest BCUT2D eigenvalue weighted by Crippen LogP contribution is -2.43. The number of piperidine rings is 2. The Morgan fingerprint density at radius 1 is 1.00 bits per heavy atom. The molecule has 28 heavy (non-hydrogen) atoms.